The van der Waals surface area contributed by atoms with Crippen molar-refractivity contribution in [2.24, 2.45) is 5.92 Å². The van der Waals surface area contributed by atoms with Crippen molar-refractivity contribution >= 4 is 19.9 Å². The van der Waals surface area contributed by atoms with Gasteiger partial charge in [0.05, 0.1) is 15.5 Å². The van der Waals surface area contributed by atoms with Gasteiger partial charge in [-0.05, 0) is 56.4 Å². The van der Waals surface area contributed by atoms with Crippen LogP contribution in [0, 0.1) is 26.7 Å². The molecule has 0 fully saturated rings. The Morgan fingerprint density at radius 1 is 0.926 bits per heavy atom. The highest BCUT2D eigenvalue weighted by molar-refractivity contribution is 7.91. The highest BCUT2D eigenvalue weighted by atomic mass is 32.2. The minimum absolute atomic E-state index is 0.0114. The molecule has 0 aliphatic heterocycles. The second-order valence-electron chi connectivity index (χ2n) is 7.11. The second-order valence-corrected chi connectivity index (χ2v) is 10.9. The fourth-order valence-corrected chi connectivity index (χ4v) is 6.25. The van der Waals surface area contributed by atoms with Crippen LogP contribution in [0.5, 0.6) is 0 Å². The topological polar surface area (TPSA) is 80.3 Å². The van der Waals surface area contributed by atoms with E-state index < -0.39 is 19.9 Å². The highest BCUT2D eigenvalue weighted by Gasteiger charge is 2.21. The Morgan fingerprint density at radius 3 is 2.04 bits per heavy atom. The summed E-state index contributed by atoms with van der Waals surface area (Å²) in [6.07, 6.45) is 0.381. The van der Waals surface area contributed by atoms with Gasteiger partial charge in [0.2, 0.25) is 10.0 Å². The van der Waals surface area contributed by atoms with Crippen LogP contribution in [0.3, 0.4) is 0 Å². The summed E-state index contributed by atoms with van der Waals surface area (Å²) in [4.78, 5) is 0.598. The van der Waals surface area contributed by atoms with Crippen molar-refractivity contribution in [2.45, 2.75) is 43.9 Å². The molecule has 0 radical (unpaired) electrons. The number of aryl methyl sites for hydroxylation is 3. The van der Waals surface area contributed by atoms with E-state index in [-0.39, 0.29) is 18.2 Å². The van der Waals surface area contributed by atoms with Gasteiger partial charge in [0.1, 0.15) is 0 Å². The van der Waals surface area contributed by atoms with Crippen molar-refractivity contribution in [3.63, 3.8) is 0 Å². The van der Waals surface area contributed by atoms with Crippen LogP contribution in [0.1, 0.15) is 30.0 Å². The van der Waals surface area contributed by atoms with Crippen LogP contribution >= 0.6 is 0 Å². The van der Waals surface area contributed by atoms with Gasteiger partial charge in [-0.1, -0.05) is 42.8 Å². The summed E-state index contributed by atoms with van der Waals surface area (Å²) in [5.74, 6) is -0.119. The van der Waals surface area contributed by atoms with E-state index in [1.807, 2.05) is 26.0 Å². The Bertz CT molecular complexity index is 975. The first kappa shape index (κ1) is 21.6. The molecule has 0 aliphatic rings. The Kier molecular flexibility index (Phi) is 6.83. The lowest BCUT2D eigenvalue weighted by atomic mass is 10.1. The third kappa shape index (κ3) is 5.64. The zero-order chi connectivity index (χ0) is 20.2. The number of benzene rings is 2. The summed E-state index contributed by atoms with van der Waals surface area (Å²) < 4.78 is 52.7. The largest absolute Gasteiger partial charge is 0.241 e. The van der Waals surface area contributed by atoms with Crippen LogP contribution in [0.15, 0.2) is 52.3 Å². The Balaban J connectivity index is 2.00. The molecule has 2 aromatic rings. The van der Waals surface area contributed by atoms with Crippen LogP contribution < -0.4 is 4.72 Å². The normalized spacial score (nSPS) is 13.5. The first-order valence-electron chi connectivity index (χ1n) is 8.88. The Labute approximate surface area is 162 Å². The molecule has 0 heterocycles. The van der Waals surface area contributed by atoms with Gasteiger partial charge in [0, 0.05) is 6.54 Å². The molecule has 0 aromatic heterocycles. The van der Waals surface area contributed by atoms with E-state index in [0.29, 0.717) is 27.3 Å². The van der Waals surface area contributed by atoms with E-state index in [2.05, 4.69) is 4.72 Å². The van der Waals surface area contributed by atoms with E-state index in [1.165, 1.54) is 0 Å². The molecular weight excluding hydrogens is 382 g/mol. The molecule has 7 heteroatoms. The number of hydrogen-bond acceptors (Lipinski definition) is 4. The molecule has 0 saturated heterocycles. The molecule has 1 atom stereocenters. The summed E-state index contributed by atoms with van der Waals surface area (Å²) in [7, 11) is -7.00. The third-order valence-electron chi connectivity index (χ3n) is 4.48. The van der Waals surface area contributed by atoms with E-state index in [9.17, 15) is 16.8 Å². The summed E-state index contributed by atoms with van der Waals surface area (Å²) >= 11 is 0. The molecule has 1 N–H and O–H groups in total. The average molecular weight is 410 g/mol. The molecule has 148 valence electrons. The number of rotatable bonds is 8. The molecule has 0 saturated carbocycles. The smallest absolute Gasteiger partial charge is 0.224 e. The van der Waals surface area contributed by atoms with Crippen LogP contribution in [0.2, 0.25) is 0 Å². The minimum atomic E-state index is -3.64. The molecule has 1 unspecified atom stereocenters. The van der Waals surface area contributed by atoms with Crippen LogP contribution in [0.4, 0.5) is 0 Å². The van der Waals surface area contributed by atoms with E-state index in [1.54, 1.807) is 44.2 Å². The van der Waals surface area contributed by atoms with Crippen molar-refractivity contribution < 1.29 is 16.8 Å². The van der Waals surface area contributed by atoms with Crippen molar-refractivity contribution in [3.8, 4) is 0 Å². The number of sulfone groups is 1. The molecule has 5 nitrogen and oxygen atoms in total. The van der Waals surface area contributed by atoms with E-state index >= 15 is 0 Å². The average Bonchev–Trinajstić information content (AvgIpc) is 2.58. The minimum Gasteiger partial charge on any atom is -0.224 e. The van der Waals surface area contributed by atoms with Crippen LogP contribution in [-0.2, 0) is 19.9 Å². The predicted octanol–water partition coefficient (Wildman–Crippen LogP) is 3.39. The molecule has 27 heavy (non-hydrogen) atoms. The fraction of sp³-hybridized carbons (Fsp3) is 0.400. The zero-order valence-electron chi connectivity index (χ0n) is 16.2. The molecule has 0 aliphatic carbocycles. The summed E-state index contributed by atoms with van der Waals surface area (Å²) in [6, 6.07) is 12.0. The molecular formula is C20H27NO4S2. The number of sulfonamides is 1. The maximum absolute atomic E-state index is 12.7. The molecule has 2 aromatic carbocycles. The Hall–Kier alpha value is -1.70. The lowest BCUT2D eigenvalue weighted by Gasteiger charge is -2.16. The van der Waals surface area contributed by atoms with Gasteiger partial charge < -0.3 is 0 Å². The fourth-order valence-electron chi connectivity index (χ4n) is 3.12. The number of hydrogen-bond donors (Lipinski definition) is 1. The summed E-state index contributed by atoms with van der Waals surface area (Å²) in [6.45, 7) is 7.53. The van der Waals surface area contributed by atoms with Crippen LogP contribution in [-0.4, -0.2) is 29.1 Å². The van der Waals surface area contributed by atoms with Crippen molar-refractivity contribution in [2.75, 3.05) is 12.3 Å². The van der Waals surface area contributed by atoms with Crippen molar-refractivity contribution in [1.29, 1.82) is 0 Å². The monoisotopic (exact) mass is 409 g/mol. The van der Waals surface area contributed by atoms with Gasteiger partial charge in [0.15, 0.2) is 9.84 Å². The summed E-state index contributed by atoms with van der Waals surface area (Å²) in [5, 5.41) is 0. The summed E-state index contributed by atoms with van der Waals surface area (Å²) in [5.41, 5.74) is 2.43. The van der Waals surface area contributed by atoms with Gasteiger partial charge in [-0.2, -0.15) is 0 Å². The highest BCUT2D eigenvalue weighted by Crippen LogP contribution is 2.22. The van der Waals surface area contributed by atoms with E-state index in [4.69, 9.17) is 0 Å². The first-order valence-corrected chi connectivity index (χ1v) is 12.0. The third-order valence-corrected chi connectivity index (χ3v) is 7.97. The van der Waals surface area contributed by atoms with Crippen LogP contribution in [0.25, 0.3) is 0 Å². The van der Waals surface area contributed by atoms with Gasteiger partial charge in [-0.15, -0.1) is 0 Å². The second kappa shape index (κ2) is 8.54. The lowest BCUT2D eigenvalue weighted by Crippen LogP contribution is -2.30. The quantitative estimate of drug-likeness (QED) is 0.725. The molecule has 2 rings (SSSR count). The molecule has 0 bridgehead atoms. The predicted molar refractivity (Wildman–Crippen MR) is 108 cm³/mol. The number of nitrogens with one attached hydrogen (secondary N) is 1. The zero-order valence-corrected chi connectivity index (χ0v) is 17.8. The van der Waals surface area contributed by atoms with Gasteiger partial charge in [0.25, 0.3) is 0 Å². The lowest BCUT2D eigenvalue weighted by molar-refractivity contribution is 0.522. The maximum atomic E-state index is 12.7. The van der Waals surface area contributed by atoms with Gasteiger partial charge >= 0.3 is 0 Å². The Morgan fingerprint density at radius 2 is 1.48 bits per heavy atom. The van der Waals surface area contributed by atoms with E-state index in [0.717, 1.165) is 5.56 Å². The SMILES string of the molecule is Cc1cc(C)c(S(=O)(=O)NCC(C)CCS(=O)(=O)c2ccccc2)c(C)c1. The molecule has 0 spiro atoms. The maximum Gasteiger partial charge on any atom is 0.241 e. The van der Waals surface area contributed by atoms with Crippen molar-refractivity contribution in [1.82, 2.24) is 4.72 Å². The first-order chi connectivity index (χ1) is 12.5. The van der Waals surface area contributed by atoms with Gasteiger partial charge in [-0.3, -0.25) is 0 Å². The molecule has 0 amide bonds. The van der Waals surface area contributed by atoms with Crippen molar-refractivity contribution in [3.05, 3.63) is 59.2 Å². The standard InChI is InChI=1S/C20H27NO4S2/c1-15(10-11-26(22,23)19-8-6-5-7-9-19)14-21-27(24,25)20-17(3)12-16(2)13-18(20)4/h5-9,12-13,15,21H,10-11,14H2,1-4H3. The van der Waals surface area contributed by atoms with Gasteiger partial charge in [-0.25, -0.2) is 21.6 Å².